The minimum Gasteiger partial charge on any atom is -0.481 e. The molecule has 0 saturated heterocycles. The Labute approximate surface area is 91.9 Å². The summed E-state index contributed by atoms with van der Waals surface area (Å²) in [4.78, 5) is 12.4. The van der Waals surface area contributed by atoms with Gasteiger partial charge < -0.3 is 10.0 Å². The number of hydrogen-bond acceptors (Lipinski definition) is 3. The Bertz CT molecular complexity index is 326. The average molecular weight is 234 g/mol. The van der Waals surface area contributed by atoms with E-state index >= 15 is 0 Å². The predicted octanol–water partition coefficient (Wildman–Crippen LogP) is 2.70. The number of hydrogen-bond donors (Lipinski definition) is 1. The molecule has 0 spiro atoms. The van der Waals surface area contributed by atoms with Gasteiger partial charge in [0.2, 0.25) is 0 Å². The fraction of sp³-hybridized carbons (Fsp3) is 0.444. The van der Waals surface area contributed by atoms with E-state index < -0.39 is 5.97 Å². The number of carboxylic acids is 1. The van der Waals surface area contributed by atoms with Gasteiger partial charge in [0.1, 0.15) is 0 Å². The van der Waals surface area contributed by atoms with Crippen LogP contribution < -0.4 is 4.90 Å². The number of nitrogens with zero attached hydrogens (tertiary/aromatic N) is 1. The zero-order valence-corrected chi connectivity index (χ0v) is 9.60. The maximum Gasteiger partial charge on any atom is 0.305 e. The first-order chi connectivity index (χ1) is 6.50. The summed E-state index contributed by atoms with van der Waals surface area (Å²) < 4.78 is 0.717. The monoisotopic (exact) mass is 233 g/mol. The van der Waals surface area contributed by atoms with Crippen LogP contribution in [0.1, 0.15) is 13.3 Å². The number of carboxylic acid groups (broad SMARTS) is 1. The van der Waals surface area contributed by atoms with E-state index in [0.717, 1.165) is 9.34 Å². The topological polar surface area (TPSA) is 40.5 Å². The van der Waals surface area contributed by atoms with Crippen molar-refractivity contribution in [3.8, 4) is 0 Å². The summed E-state index contributed by atoms with van der Waals surface area (Å²) in [5, 5.41) is 9.63. The number of aliphatic carboxylic acids is 1. The second-order valence-electron chi connectivity index (χ2n) is 3.14. The molecule has 0 bridgehead atoms. The molecule has 0 saturated carbocycles. The lowest BCUT2D eigenvalue weighted by Gasteiger charge is -2.23. The number of halogens is 1. The normalized spacial score (nSPS) is 12.5. The highest BCUT2D eigenvalue weighted by Crippen LogP contribution is 2.30. The third-order valence-electron chi connectivity index (χ3n) is 2.04. The highest BCUT2D eigenvalue weighted by molar-refractivity contribution is 7.19. The average Bonchev–Trinajstić information content (AvgIpc) is 2.49. The standard InChI is InChI=1S/C9H12ClNO2S/c1-6(5-9(12)13)11(2)8-4-3-7(10)14-8/h3-4,6H,5H2,1-2H3,(H,12,13). The third kappa shape index (κ3) is 2.89. The molecule has 1 atom stereocenters. The minimum absolute atomic E-state index is 0.0257. The van der Waals surface area contributed by atoms with E-state index in [1.807, 2.05) is 31.0 Å². The maximum atomic E-state index is 10.5. The van der Waals surface area contributed by atoms with Crippen LogP contribution in [0.4, 0.5) is 5.00 Å². The molecule has 0 aromatic carbocycles. The minimum atomic E-state index is -0.785. The molecular weight excluding hydrogens is 222 g/mol. The Kier molecular flexibility index (Phi) is 3.77. The summed E-state index contributed by atoms with van der Waals surface area (Å²) >= 11 is 7.24. The zero-order chi connectivity index (χ0) is 10.7. The van der Waals surface area contributed by atoms with Crippen molar-refractivity contribution in [2.75, 3.05) is 11.9 Å². The van der Waals surface area contributed by atoms with Crippen molar-refractivity contribution in [2.24, 2.45) is 0 Å². The second kappa shape index (κ2) is 4.66. The van der Waals surface area contributed by atoms with E-state index in [0.29, 0.717) is 0 Å². The summed E-state index contributed by atoms with van der Waals surface area (Å²) in [6.07, 6.45) is 0.131. The van der Waals surface area contributed by atoms with Gasteiger partial charge in [0.25, 0.3) is 0 Å². The molecule has 5 heteroatoms. The van der Waals surface area contributed by atoms with Gasteiger partial charge in [-0.05, 0) is 19.1 Å². The van der Waals surface area contributed by atoms with Crippen LogP contribution in [0.2, 0.25) is 4.34 Å². The van der Waals surface area contributed by atoms with Crippen molar-refractivity contribution in [1.29, 1.82) is 0 Å². The molecule has 14 heavy (non-hydrogen) atoms. The van der Waals surface area contributed by atoms with Crippen LogP contribution >= 0.6 is 22.9 Å². The Morgan fingerprint density at radius 3 is 2.79 bits per heavy atom. The first-order valence-electron chi connectivity index (χ1n) is 4.20. The molecule has 0 fully saturated rings. The van der Waals surface area contributed by atoms with Gasteiger partial charge in [0, 0.05) is 13.1 Å². The third-order valence-corrected chi connectivity index (χ3v) is 3.36. The van der Waals surface area contributed by atoms with E-state index in [1.54, 1.807) is 0 Å². The van der Waals surface area contributed by atoms with Crippen LogP contribution in [0.3, 0.4) is 0 Å². The molecule has 1 N–H and O–H groups in total. The van der Waals surface area contributed by atoms with Crippen molar-refractivity contribution >= 4 is 33.9 Å². The van der Waals surface area contributed by atoms with Crippen molar-refractivity contribution in [1.82, 2.24) is 0 Å². The fourth-order valence-electron chi connectivity index (χ4n) is 1.10. The van der Waals surface area contributed by atoms with E-state index in [2.05, 4.69) is 0 Å². The molecule has 3 nitrogen and oxygen atoms in total. The molecule has 1 heterocycles. The molecule has 0 radical (unpaired) electrons. The highest BCUT2D eigenvalue weighted by Gasteiger charge is 2.14. The molecule has 1 aromatic heterocycles. The van der Waals surface area contributed by atoms with Crippen molar-refractivity contribution in [2.45, 2.75) is 19.4 Å². The van der Waals surface area contributed by atoms with Gasteiger partial charge in [-0.25, -0.2) is 0 Å². The van der Waals surface area contributed by atoms with Crippen LogP contribution in [0, 0.1) is 0 Å². The molecule has 0 aliphatic carbocycles. The van der Waals surface area contributed by atoms with Crippen LogP contribution in [0.15, 0.2) is 12.1 Å². The summed E-state index contributed by atoms with van der Waals surface area (Å²) in [5.41, 5.74) is 0. The molecule has 78 valence electrons. The van der Waals surface area contributed by atoms with Gasteiger partial charge in [0.15, 0.2) is 0 Å². The summed E-state index contributed by atoms with van der Waals surface area (Å²) in [6, 6.07) is 3.68. The Hall–Kier alpha value is -0.740. The van der Waals surface area contributed by atoms with Gasteiger partial charge in [-0.2, -0.15) is 0 Å². The van der Waals surface area contributed by atoms with E-state index in [1.165, 1.54) is 11.3 Å². The first kappa shape index (κ1) is 11.3. The molecule has 0 amide bonds. The Balaban J connectivity index is 2.65. The van der Waals surface area contributed by atoms with Crippen LogP contribution in [-0.2, 0) is 4.79 Å². The van der Waals surface area contributed by atoms with Gasteiger partial charge in [-0.15, -0.1) is 11.3 Å². The zero-order valence-electron chi connectivity index (χ0n) is 8.03. The Morgan fingerprint density at radius 2 is 2.36 bits per heavy atom. The maximum absolute atomic E-state index is 10.5. The number of thiophene rings is 1. The SMILES string of the molecule is CC(CC(=O)O)N(C)c1ccc(Cl)s1. The summed E-state index contributed by atoms with van der Waals surface area (Å²) in [7, 11) is 1.87. The lowest BCUT2D eigenvalue weighted by molar-refractivity contribution is -0.137. The largest absolute Gasteiger partial charge is 0.481 e. The molecule has 0 aliphatic heterocycles. The van der Waals surface area contributed by atoms with E-state index in [-0.39, 0.29) is 12.5 Å². The van der Waals surface area contributed by atoms with Crippen LogP contribution in [-0.4, -0.2) is 24.2 Å². The molecule has 1 aromatic rings. The number of rotatable bonds is 4. The van der Waals surface area contributed by atoms with E-state index in [4.69, 9.17) is 16.7 Å². The summed E-state index contributed by atoms with van der Waals surface area (Å²) in [6.45, 7) is 1.88. The van der Waals surface area contributed by atoms with E-state index in [9.17, 15) is 4.79 Å². The molecule has 1 unspecified atom stereocenters. The van der Waals surface area contributed by atoms with Crippen LogP contribution in [0.5, 0.6) is 0 Å². The molecule has 1 rings (SSSR count). The summed E-state index contributed by atoms with van der Waals surface area (Å²) in [5.74, 6) is -0.785. The molecule has 0 aliphatic rings. The lowest BCUT2D eigenvalue weighted by atomic mass is 10.2. The van der Waals surface area contributed by atoms with Gasteiger partial charge in [0.05, 0.1) is 15.8 Å². The van der Waals surface area contributed by atoms with Gasteiger partial charge in [-0.3, -0.25) is 4.79 Å². The highest BCUT2D eigenvalue weighted by atomic mass is 35.5. The van der Waals surface area contributed by atoms with Crippen molar-refractivity contribution in [3.63, 3.8) is 0 Å². The predicted molar refractivity (Wildman–Crippen MR) is 59.4 cm³/mol. The number of carbonyl (C=O) groups is 1. The fourth-order valence-corrected chi connectivity index (χ4v) is 2.20. The van der Waals surface area contributed by atoms with Crippen LogP contribution in [0.25, 0.3) is 0 Å². The lowest BCUT2D eigenvalue weighted by Crippen LogP contribution is -2.30. The van der Waals surface area contributed by atoms with Gasteiger partial charge in [-0.1, -0.05) is 11.6 Å². The number of anilines is 1. The van der Waals surface area contributed by atoms with Gasteiger partial charge >= 0.3 is 5.97 Å². The second-order valence-corrected chi connectivity index (χ2v) is 4.83. The first-order valence-corrected chi connectivity index (χ1v) is 5.40. The smallest absolute Gasteiger partial charge is 0.305 e. The molecular formula is C9H12ClNO2S. The quantitative estimate of drug-likeness (QED) is 0.869. The van der Waals surface area contributed by atoms with Crippen molar-refractivity contribution < 1.29 is 9.90 Å². The Morgan fingerprint density at radius 1 is 1.71 bits per heavy atom. The van der Waals surface area contributed by atoms with Crippen molar-refractivity contribution in [3.05, 3.63) is 16.5 Å².